The zero-order chi connectivity index (χ0) is 13.4. The van der Waals surface area contributed by atoms with Crippen molar-refractivity contribution in [3.63, 3.8) is 0 Å². The number of nitrogens with zero attached hydrogens (tertiary/aromatic N) is 2. The van der Waals surface area contributed by atoms with Gasteiger partial charge in [-0.2, -0.15) is 0 Å². The van der Waals surface area contributed by atoms with Crippen LogP contribution in [0, 0.1) is 0 Å². The lowest BCUT2D eigenvalue weighted by Gasteiger charge is -2.32. The molecule has 1 saturated heterocycles. The maximum atomic E-state index is 5.88. The number of rotatable bonds is 2. The standard InChI is InChI=1S/C11H18N4.C3H8/c1-13-10-3-2-6-14-11(10)15-7-4-9(12)5-8-15;1-3-2/h2-3,6,9,13H,4-5,7-8,12H2,1H3;3H2,1-2H3. The van der Waals surface area contributed by atoms with Crippen molar-refractivity contribution in [2.24, 2.45) is 5.73 Å². The highest BCUT2D eigenvalue weighted by Gasteiger charge is 2.18. The summed E-state index contributed by atoms with van der Waals surface area (Å²) in [6, 6.07) is 4.37. The van der Waals surface area contributed by atoms with Crippen LogP contribution in [0.4, 0.5) is 11.5 Å². The van der Waals surface area contributed by atoms with Crippen LogP contribution in [0.5, 0.6) is 0 Å². The summed E-state index contributed by atoms with van der Waals surface area (Å²) in [4.78, 5) is 6.72. The van der Waals surface area contributed by atoms with Crippen LogP contribution < -0.4 is 16.0 Å². The van der Waals surface area contributed by atoms with Gasteiger partial charge in [0.15, 0.2) is 5.82 Å². The molecule has 1 aliphatic heterocycles. The van der Waals surface area contributed by atoms with Crippen molar-refractivity contribution >= 4 is 11.5 Å². The van der Waals surface area contributed by atoms with E-state index >= 15 is 0 Å². The van der Waals surface area contributed by atoms with E-state index in [1.54, 1.807) is 0 Å². The molecule has 0 spiro atoms. The molecule has 2 rings (SSSR count). The highest BCUT2D eigenvalue weighted by Crippen LogP contribution is 2.24. The van der Waals surface area contributed by atoms with Gasteiger partial charge in [-0.15, -0.1) is 0 Å². The fourth-order valence-corrected chi connectivity index (χ4v) is 1.96. The second kappa shape index (κ2) is 7.93. The Morgan fingerprint density at radius 1 is 1.39 bits per heavy atom. The molecule has 3 N–H and O–H groups in total. The molecule has 0 bridgehead atoms. The minimum absolute atomic E-state index is 0.364. The third-order valence-electron chi connectivity index (χ3n) is 2.90. The Morgan fingerprint density at radius 3 is 2.56 bits per heavy atom. The first-order chi connectivity index (χ1) is 8.72. The van der Waals surface area contributed by atoms with E-state index in [4.69, 9.17) is 5.73 Å². The molecule has 0 amide bonds. The van der Waals surface area contributed by atoms with E-state index in [-0.39, 0.29) is 0 Å². The minimum Gasteiger partial charge on any atom is -0.385 e. The molecular weight excluding hydrogens is 224 g/mol. The number of aromatic nitrogens is 1. The van der Waals surface area contributed by atoms with Gasteiger partial charge in [0.25, 0.3) is 0 Å². The van der Waals surface area contributed by atoms with Gasteiger partial charge in [0.05, 0.1) is 5.69 Å². The van der Waals surface area contributed by atoms with Gasteiger partial charge >= 0.3 is 0 Å². The van der Waals surface area contributed by atoms with Crippen LogP contribution in [-0.2, 0) is 0 Å². The maximum absolute atomic E-state index is 5.88. The fourth-order valence-electron chi connectivity index (χ4n) is 1.96. The monoisotopic (exact) mass is 250 g/mol. The van der Waals surface area contributed by atoms with Gasteiger partial charge in [-0.1, -0.05) is 20.3 Å². The van der Waals surface area contributed by atoms with Crippen molar-refractivity contribution in [1.29, 1.82) is 0 Å². The zero-order valence-electron chi connectivity index (χ0n) is 11.8. The van der Waals surface area contributed by atoms with Crippen molar-refractivity contribution < 1.29 is 0 Å². The van der Waals surface area contributed by atoms with E-state index in [1.165, 1.54) is 6.42 Å². The predicted molar refractivity (Wildman–Crippen MR) is 79.2 cm³/mol. The lowest BCUT2D eigenvalue weighted by atomic mass is 10.1. The number of anilines is 2. The minimum atomic E-state index is 0.364. The third kappa shape index (κ3) is 4.18. The Balaban J connectivity index is 0.000000492. The molecule has 2 heterocycles. The van der Waals surface area contributed by atoms with Crippen LogP contribution >= 0.6 is 0 Å². The normalized spacial score (nSPS) is 15.9. The summed E-state index contributed by atoms with van der Waals surface area (Å²) in [6.45, 7) is 6.26. The molecule has 1 fully saturated rings. The van der Waals surface area contributed by atoms with Gasteiger partial charge in [0, 0.05) is 32.4 Å². The van der Waals surface area contributed by atoms with Gasteiger partial charge < -0.3 is 16.0 Å². The Hall–Kier alpha value is -1.29. The number of piperidine rings is 1. The van der Waals surface area contributed by atoms with Crippen LogP contribution in [0.2, 0.25) is 0 Å². The van der Waals surface area contributed by atoms with Crippen molar-refractivity contribution in [2.75, 3.05) is 30.4 Å². The first-order valence-corrected chi connectivity index (χ1v) is 6.86. The smallest absolute Gasteiger partial charge is 0.151 e. The van der Waals surface area contributed by atoms with Gasteiger partial charge in [0.1, 0.15) is 0 Å². The molecule has 0 saturated carbocycles. The average molecular weight is 250 g/mol. The Kier molecular flexibility index (Phi) is 6.50. The van der Waals surface area contributed by atoms with Crippen LogP contribution in [0.15, 0.2) is 18.3 Å². The first kappa shape index (κ1) is 14.8. The van der Waals surface area contributed by atoms with Crippen molar-refractivity contribution in [3.8, 4) is 0 Å². The summed E-state index contributed by atoms with van der Waals surface area (Å²) in [5.41, 5.74) is 6.97. The maximum Gasteiger partial charge on any atom is 0.151 e. The highest BCUT2D eigenvalue weighted by molar-refractivity contribution is 5.65. The molecule has 0 aromatic carbocycles. The Bertz CT molecular complexity index is 332. The van der Waals surface area contributed by atoms with E-state index in [9.17, 15) is 0 Å². The Morgan fingerprint density at radius 2 is 2.00 bits per heavy atom. The van der Waals surface area contributed by atoms with E-state index < -0.39 is 0 Å². The number of nitrogens with one attached hydrogen (secondary N) is 1. The second-order valence-corrected chi connectivity index (χ2v) is 4.66. The summed E-state index contributed by atoms with van der Waals surface area (Å²) in [5, 5.41) is 3.17. The molecule has 1 aliphatic rings. The lowest BCUT2D eigenvalue weighted by molar-refractivity contribution is 0.499. The van der Waals surface area contributed by atoms with E-state index in [2.05, 4.69) is 35.1 Å². The summed E-state index contributed by atoms with van der Waals surface area (Å²) in [6.07, 6.45) is 5.20. The van der Waals surface area contributed by atoms with Gasteiger partial charge in [-0.05, 0) is 25.0 Å². The van der Waals surface area contributed by atoms with Crippen LogP contribution in [0.1, 0.15) is 33.1 Å². The molecule has 18 heavy (non-hydrogen) atoms. The van der Waals surface area contributed by atoms with Crippen molar-refractivity contribution in [3.05, 3.63) is 18.3 Å². The number of nitrogens with two attached hydrogens (primary N) is 1. The predicted octanol–water partition coefficient (Wildman–Crippen LogP) is 2.47. The molecule has 102 valence electrons. The summed E-state index contributed by atoms with van der Waals surface area (Å²) in [5.74, 6) is 1.05. The molecule has 0 atom stereocenters. The molecule has 4 nitrogen and oxygen atoms in total. The van der Waals surface area contributed by atoms with Gasteiger partial charge in [-0.25, -0.2) is 4.98 Å². The fraction of sp³-hybridized carbons (Fsp3) is 0.643. The van der Waals surface area contributed by atoms with E-state index in [0.29, 0.717) is 6.04 Å². The molecule has 4 heteroatoms. The number of hydrogen-bond donors (Lipinski definition) is 2. The second-order valence-electron chi connectivity index (χ2n) is 4.66. The quantitative estimate of drug-likeness (QED) is 0.846. The first-order valence-electron chi connectivity index (χ1n) is 6.86. The summed E-state index contributed by atoms with van der Waals surface area (Å²) in [7, 11) is 1.93. The van der Waals surface area contributed by atoms with E-state index in [0.717, 1.165) is 37.4 Å². The molecule has 1 aromatic rings. The topological polar surface area (TPSA) is 54.2 Å². The van der Waals surface area contributed by atoms with Crippen LogP contribution in [0.25, 0.3) is 0 Å². The molecule has 0 radical (unpaired) electrons. The van der Waals surface area contributed by atoms with Crippen molar-refractivity contribution in [2.45, 2.75) is 39.2 Å². The third-order valence-corrected chi connectivity index (χ3v) is 2.90. The van der Waals surface area contributed by atoms with Gasteiger partial charge in [0.2, 0.25) is 0 Å². The molecular formula is C14H26N4. The van der Waals surface area contributed by atoms with Gasteiger partial charge in [-0.3, -0.25) is 0 Å². The molecule has 0 unspecified atom stereocenters. The van der Waals surface area contributed by atoms with E-state index in [1.807, 2.05) is 19.3 Å². The molecule has 0 aliphatic carbocycles. The SMILES string of the molecule is CCC.CNc1cccnc1N1CCC(N)CC1. The summed E-state index contributed by atoms with van der Waals surface area (Å²) < 4.78 is 0. The summed E-state index contributed by atoms with van der Waals surface area (Å²) >= 11 is 0. The largest absolute Gasteiger partial charge is 0.385 e. The highest BCUT2D eigenvalue weighted by atomic mass is 15.2. The molecule has 1 aromatic heterocycles. The lowest BCUT2D eigenvalue weighted by Crippen LogP contribution is -2.40. The number of pyridine rings is 1. The zero-order valence-corrected chi connectivity index (χ0v) is 11.8. The Labute approximate surface area is 111 Å². The van der Waals surface area contributed by atoms with Crippen LogP contribution in [0.3, 0.4) is 0 Å². The average Bonchev–Trinajstić information content (AvgIpc) is 2.40. The number of hydrogen-bond acceptors (Lipinski definition) is 4. The van der Waals surface area contributed by atoms with Crippen molar-refractivity contribution in [1.82, 2.24) is 4.98 Å². The van der Waals surface area contributed by atoms with Crippen LogP contribution in [-0.4, -0.2) is 31.2 Å².